The Labute approximate surface area is 161 Å². The van der Waals surface area contributed by atoms with Crippen LogP contribution in [0.25, 0.3) is 0 Å². The summed E-state index contributed by atoms with van der Waals surface area (Å²) in [5, 5.41) is 11.8. The predicted octanol–water partition coefficient (Wildman–Crippen LogP) is 1.55. The van der Waals surface area contributed by atoms with Gasteiger partial charge in [0.2, 0.25) is 5.91 Å². The first-order chi connectivity index (χ1) is 13.3. The maximum atomic E-state index is 12.1. The van der Waals surface area contributed by atoms with Crippen LogP contribution in [0.4, 0.5) is 0 Å². The number of ether oxygens (including phenoxy) is 1. The van der Waals surface area contributed by atoms with Gasteiger partial charge in [-0.3, -0.25) is 4.79 Å². The van der Waals surface area contributed by atoms with Gasteiger partial charge in [0, 0.05) is 52.2 Å². The van der Waals surface area contributed by atoms with Gasteiger partial charge in [-0.1, -0.05) is 19.3 Å². The average Bonchev–Trinajstić information content (AvgIpc) is 3.31. The van der Waals surface area contributed by atoms with Crippen LogP contribution in [0.3, 0.4) is 0 Å². The van der Waals surface area contributed by atoms with Gasteiger partial charge in [0.25, 0.3) is 0 Å². The monoisotopic (exact) mass is 375 g/mol. The number of amides is 1. The minimum absolute atomic E-state index is 0.0155. The Morgan fingerprint density at radius 3 is 2.78 bits per heavy atom. The molecular weight excluding hydrogens is 342 g/mol. The summed E-state index contributed by atoms with van der Waals surface area (Å²) in [5.74, 6) is 3.00. The fourth-order valence-electron chi connectivity index (χ4n) is 4.72. The number of fused-ring (bicyclic) bond motifs is 1. The molecule has 1 saturated heterocycles. The molecule has 1 saturated carbocycles. The van der Waals surface area contributed by atoms with Crippen LogP contribution in [0.1, 0.15) is 56.6 Å². The first-order valence-electron chi connectivity index (χ1n) is 10.8. The van der Waals surface area contributed by atoms with E-state index in [4.69, 9.17) is 4.74 Å². The predicted molar refractivity (Wildman–Crippen MR) is 102 cm³/mol. The number of hydrogen-bond acceptors (Lipinski definition) is 5. The standard InChI is InChI=1S/C20H33N5O2/c26-20(17-7-4-14-27-17)21-10-8-18-22-23-19-9-11-24(12-13-25(18)19)15-16-5-2-1-3-6-16/h16-17H,1-15H2,(H,21,26)/t17-/m0/s1. The lowest BCUT2D eigenvalue weighted by molar-refractivity contribution is -0.130. The van der Waals surface area contributed by atoms with E-state index in [1.807, 2.05) is 0 Å². The van der Waals surface area contributed by atoms with Crippen LogP contribution in [0, 0.1) is 5.92 Å². The summed E-state index contributed by atoms with van der Waals surface area (Å²) in [6.07, 6.45) is 10.3. The van der Waals surface area contributed by atoms with Crippen molar-refractivity contribution in [2.45, 2.75) is 70.4 Å². The van der Waals surface area contributed by atoms with Gasteiger partial charge in [-0.05, 0) is 31.6 Å². The molecule has 1 aliphatic carbocycles. The van der Waals surface area contributed by atoms with Crippen LogP contribution >= 0.6 is 0 Å². The third-order valence-electron chi connectivity index (χ3n) is 6.31. The SMILES string of the molecule is O=C(NCCc1nnc2n1CCN(CC1CCCCC1)CC2)[C@@H]1CCCO1. The lowest BCUT2D eigenvalue weighted by Crippen LogP contribution is -2.35. The highest BCUT2D eigenvalue weighted by Gasteiger charge is 2.24. The molecule has 1 aromatic heterocycles. The van der Waals surface area contributed by atoms with Gasteiger partial charge in [-0.15, -0.1) is 10.2 Å². The Balaban J connectivity index is 1.25. The highest BCUT2D eigenvalue weighted by atomic mass is 16.5. The molecule has 1 atom stereocenters. The molecule has 1 N–H and O–H groups in total. The zero-order valence-electron chi connectivity index (χ0n) is 16.4. The molecule has 0 spiro atoms. The van der Waals surface area contributed by atoms with Gasteiger partial charge in [0.1, 0.15) is 17.8 Å². The average molecular weight is 376 g/mol. The minimum atomic E-state index is -0.256. The van der Waals surface area contributed by atoms with E-state index >= 15 is 0 Å². The van der Waals surface area contributed by atoms with Crippen molar-refractivity contribution in [1.29, 1.82) is 0 Å². The van der Waals surface area contributed by atoms with E-state index in [9.17, 15) is 4.79 Å². The quantitative estimate of drug-likeness (QED) is 0.817. The van der Waals surface area contributed by atoms with Gasteiger partial charge in [-0.2, -0.15) is 0 Å². The van der Waals surface area contributed by atoms with E-state index in [2.05, 4.69) is 25.0 Å². The van der Waals surface area contributed by atoms with Gasteiger partial charge in [0.05, 0.1) is 0 Å². The van der Waals surface area contributed by atoms with E-state index in [1.54, 1.807) is 0 Å². The molecule has 7 nitrogen and oxygen atoms in total. The number of carbonyl (C=O) groups excluding carboxylic acids is 1. The van der Waals surface area contributed by atoms with Crippen molar-refractivity contribution < 1.29 is 9.53 Å². The van der Waals surface area contributed by atoms with Crippen LogP contribution in [0.15, 0.2) is 0 Å². The summed E-state index contributed by atoms with van der Waals surface area (Å²) >= 11 is 0. The molecule has 0 unspecified atom stereocenters. The summed E-state index contributed by atoms with van der Waals surface area (Å²) in [7, 11) is 0. The molecule has 0 aromatic carbocycles. The molecule has 27 heavy (non-hydrogen) atoms. The number of nitrogens with zero attached hydrogens (tertiary/aromatic N) is 4. The van der Waals surface area contributed by atoms with Gasteiger partial charge >= 0.3 is 0 Å². The molecule has 2 aliphatic heterocycles. The highest BCUT2D eigenvalue weighted by molar-refractivity contribution is 5.80. The van der Waals surface area contributed by atoms with Crippen LogP contribution in [-0.4, -0.2) is 64.5 Å². The summed E-state index contributed by atoms with van der Waals surface area (Å²) in [6, 6.07) is 0. The van der Waals surface area contributed by atoms with Crippen LogP contribution < -0.4 is 5.32 Å². The molecule has 1 aromatic rings. The minimum Gasteiger partial charge on any atom is -0.368 e. The molecule has 3 heterocycles. The zero-order valence-corrected chi connectivity index (χ0v) is 16.4. The number of hydrogen-bond donors (Lipinski definition) is 1. The van der Waals surface area contributed by atoms with Gasteiger partial charge < -0.3 is 19.5 Å². The molecular formula is C20H33N5O2. The summed E-state index contributed by atoms with van der Waals surface area (Å²) in [5.41, 5.74) is 0. The highest BCUT2D eigenvalue weighted by Crippen LogP contribution is 2.25. The normalized spacial score (nSPS) is 24.5. The van der Waals surface area contributed by atoms with Crippen molar-refractivity contribution in [2.75, 3.05) is 32.8 Å². The number of carbonyl (C=O) groups is 1. The Hall–Kier alpha value is -1.47. The first kappa shape index (κ1) is 18.9. The maximum Gasteiger partial charge on any atom is 0.249 e. The van der Waals surface area contributed by atoms with Crippen LogP contribution in [0.2, 0.25) is 0 Å². The van der Waals surface area contributed by atoms with Crippen LogP contribution in [-0.2, 0) is 28.9 Å². The summed E-state index contributed by atoms with van der Waals surface area (Å²) < 4.78 is 7.71. The van der Waals surface area contributed by atoms with E-state index in [0.29, 0.717) is 13.2 Å². The topological polar surface area (TPSA) is 72.3 Å². The van der Waals surface area contributed by atoms with E-state index < -0.39 is 0 Å². The van der Waals surface area contributed by atoms with E-state index in [1.165, 1.54) is 38.6 Å². The second-order valence-electron chi connectivity index (χ2n) is 8.28. The Kier molecular flexibility index (Phi) is 6.39. The number of nitrogens with one attached hydrogen (secondary N) is 1. The van der Waals surface area contributed by atoms with Crippen LogP contribution in [0.5, 0.6) is 0 Å². The van der Waals surface area contributed by atoms with Crippen molar-refractivity contribution in [3.8, 4) is 0 Å². The third-order valence-corrected chi connectivity index (χ3v) is 6.31. The molecule has 0 radical (unpaired) electrons. The molecule has 1 amide bonds. The fraction of sp³-hybridized carbons (Fsp3) is 0.850. The fourth-order valence-corrected chi connectivity index (χ4v) is 4.72. The number of aromatic nitrogens is 3. The largest absolute Gasteiger partial charge is 0.368 e. The van der Waals surface area contributed by atoms with E-state index in [-0.39, 0.29) is 12.0 Å². The van der Waals surface area contributed by atoms with Crippen molar-refractivity contribution in [1.82, 2.24) is 25.0 Å². The van der Waals surface area contributed by atoms with Crippen molar-refractivity contribution in [3.05, 3.63) is 11.6 Å². The van der Waals surface area contributed by atoms with Crippen molar-refractivity contribution in [2.24, 2.45) is 5.92 Å². The zero-order chi connectivity index (χ0) is 18.5. The third kappa shape index (κ3) is 4.88. The maximum absolute atomic E-state index is 12.1. The van der Waals surface area contributed by atoms with Crippen molar-refractivity contribution in [3.63, 3.8) is 0 Å². The van der Waals surface area contributed by atoms with Gasteiger partial charge in [0.15, 0.2) is 0 Å². The van der Waals surface area contributed by atoms with Crippen molar-refractivity contribution >= 4 is 5.91 Å². The Bertz CT molecular complexity index is 620. The smallest absolute Gasteiger partial charge is 0.249 e. The molecule has 7 heteroatoms. The molecule has 2 fully saturated rings. The second-order valence-corrected chi connectivity index (χ2v) is 8.28. The molecule has 0 bridgehead atoms. The first-order valence-corrected chi connectivity index (χ1v) is 10.8. The summed E-state index contributed by atoms with van der Waals surface area (Å²) in [4.78, 5) is 14.7. The molecule has 3 aliphatic rings. The summed E-state index contributed by atoms with van der Waals surface area (Å²) in [6.45, 7) is 5.67. The van der Waals surface area contributed by atoms with Gasteiger partial charge in [-0.25, -0.2) is 0 Å². The second kappa shape index (κ2) is 9.15. The number of rotatable bonds is 6. The lowest BCUT2D eigenvalue weighted by Gasteiger charge is -2.28. The molecule has 150 valence electrons. The van der Waals surface area contributed by atoms with E-state index in [0.717, 1.165) is 62.9 Å². The molecule has 4 rings (SSSR count). The lowest BCUT2D eigenvalue weighted by atomic mass is 9.89. The Morgan fingerprint density at radius 2 is 1.96 bits per heavy atom. The Morgan fingerprint density at radius 1 is 1.07 bits per heavy atom.